The first-order valence-corrected chi connectivity index (χ1v) is 10.7. The monoisotopic (exact) mass is 485 g/mol. The summed E-state index contributed by atoms with van der Waals surface area (Å²) in [4.78, 5) is 25.6. The molecule has 1 fully saturated rings. The zero-order valence-electron chi connectivity index (χ0n) is 18.4. The van der Waals surface area contributed by atoms with Crippen molar-refractivity contribution in [1.82, 2.24) is 20.8 Å². The molecular weight excluding hydrogens is 463 g/mol. The van der Waals surface area contributed by atoms with E-state index in [2.05, 4.69) is 26.1 Å². The van der Waals surface area contributed by atoms with Crippen LogP contribution in [0.15, 0.2) is 67.0 Å². The lowest BCUT2D eigenvalue weighted by Gasteiger charge is -2.27. The molecule has 0 radical (unpaired) electrons. The van der Waals surface area contributed by atoms with Crippen LogP contribution in [0.2, 0.25) is 0 Å². The Kier molecular flexibility index (Phi) is 6.97. The molecule has 35 heavy (non-hydrogen) atoms. The van der Waals surface area contributed by atoms with Gasteiger partial charge in [0.25, 0.3) is 5.91 Å². The summed E-state index contributed by atoms with van der Waals surface area (Å²) in [5.74, 6) is -0.859. The van der Waals surface area contributed by atoms with Gasteiger partial charge in [-0.1, -0.05) is 24.3 Å². The number of amides is 2. The minimum Gasteiger partial charge on any atom is -0.378 e. The molecule has 0 bridgehead atoms. The number of hydrogen-bond donors (Lipinski definition) is 3. The maximum Gasteiger partial charge on any atom is 0.418 e. The molecule has 2 heterocycles. The highest BCUT2D eigenvalue weighted by atomic mass is 19.4. The second-order valence-electron chi connectivity index (χ2n) is 8.02. The summed E-state index contributed by atoms with van der Waals surface area (Å²) in [6, 6.07) is 13.4. The van der Waals surface area contributed by atoms with Gasteiger partial charge in [-0.05, 0) is 35.9 Å². The third-order valence-electron chi connectivity index (χ3n) is 5.57. The van der Waals surface area contributed by atoms with E-state index in [1.165, 1.54) is 36.7 Å². The Bertz CT molecular complexity index is 1180. The fraction of sp³-hybridized carbons (Fsp3) is 0.250. The average Bonchev–Trinajstić information content (AvgIpc) is 3.33. The van der Waals surface area contributed by atoms with Crippen molar-refractivity contribution in [3.63, 3.8) is 0 Å². The number of aromatic nitrogens is 2. The van der Waals surface area contributed by atoms with Crippen molar-refractivity contribution in [3.8, 4) is 0 Å². The molecule has 0 spiro atoms. The maximum atomic E-state index is 13.2. The lowest BCUT2D eigenvalue weighted by Crippen LogP contribution is -2.59. The van der Waals surface area contributed by atoms with Gasteiger partial charge in [0.1, 0.15) is 5.54 Å². The summed E-state index contributed by atoms with van der Waals surface area (Å²) in [6.45, 7) is 0.513. The van der Waals surface area contributed by atoms with E-state index in [1.54, 1.807) is 24.3 Å². The van der Waals surface area contributed by atoms with Crippen molar-refractivity contribution < 1.29 is 27.5 Å². The van der Waals surface area contributed by atoms with Gasteiger partial charge >= 0.3 is 6.18 Å². The standard InChI is InChI=1S/C24H22F3N5O3/c25-24(26,27)19-3-1-2-4-20(19)31-18-7-5-16(6-8-18)13-28-22(34)23(10-12-35-15-23)32-21(33)17-9-11-29-30-14-17/h1-9,11,14,31H,10,12-13,15H2,(H,28,34)(H,32,33)/t23-/m0/s1. The molecule has 0 aliphatic carbocycles. The number of anilines is 2. The minimum absolute atomic E-state index is 0.0323. The molecule has 1 atom stereocenters. The molecule has 4 rings (SSSR count). The molecular formula is C24H22F3N5O3. The molecule has 1 aliphatic heterocycles. The maximum absolute atomic E-state index is 13.2. The summed E-state index contributed by atoms with van der Waals surface area (Å²) < 4.78 is 45.0. The number of nitrogens with one attached hydrogen (secondary N) is 3. The van der Waals surface area contributed by atoms with E-state index in [4.69, 9.17) is 4.74 Å². The van der Waals surface area contributed by atoms with Gasteiger partial charge < -0.3 is 20.7 Å². The molecule has 2 amide bonds. The van der Waals surface area contributed by atoms with Gasteiger partial charge in [0.15, 0.2) is 0 Å². The molecule has 11 heteroatoms. The lowest BCUT2D eigenvalue weighted by molar-refractivity contribution is -0.137. The number of para-hydroxylation sites is 1. The van der Waals surface area contributed by atoms with Gasteiger partial charge in [0.05, 0.1) is 35.8 Å². The van der Waals surface area contributed by atoms with Crippen LogP contribution in [0.4, 0.5) is 24.5 Å². The number of hydrogen-bond acceptors (Lipinski definition) is 6. The first kappa shape index (κ1) is 24.1. The topological polar surface area (TPSA) is 105 Å². The lowest BCUT2D eigenvalue weighted by atomic mass is 9.96. The van der Waals surface area contributed by atoms with E-state index in [1.807, 2.05) is 0 Å². The Labute approximate surface area is 198 Å². The first-order valence-electron chi connectivity index (χ1n) is 10.7. The third kappa shape index (κ3) is 5.75. The van der Waals surface area contributed by atoms with E-state index in [9.17, 15) is 22.8 Å². The van der Waals surface area contributed by atoms with Gasteiger partial charge in [0.2, 0.25) is 5.91 Å². The Morgan fingerprint density at radius 1 is 1.03 bits per heavy atom. The first-order chi connectivity index (χ1) is 16.8. The molecule has 182 valence electrons. The van der Waals surface area contributed by atoms with Crippen LogP contribution >= 0.6 is 0 Å². The van der Waals surface area contributed by atoms with Crippen molar-refractivity contribution in [3.05, 3.63) is 83.7 Å². The van der Waals surface area contributed by atoms with E-state index in [0.29, 0.717) is 18.7 Å². The summed E-state index contributed by atoms with van der Waals surface area (Å²) >= 11 is 0. The van der Waals surface area contributed by atoms with Gasteiger partial charge in [0, 0.05) is 25.3 Å². The Morgan fingerprint density at radius 3 is 2.46 bits per heavy atom. The molecule has 1 saturated heterocycles. The van der Waals surface area contributed by atoms with Crippen molar-refractivity contribution in [2.75, 3.05) is 18.5 Å². The molecule has 3 aromatic rings. The predicted octanol–water partition coefficient (Wildman–Crippen LogP) is 3.44. The van der Waals surface area contributed by atoms with E-state index in [-0.39, 0.29) is 24.4 Å². The Balaban J connectivity index is 1.38. The van der Waals surface area contributed by atoms with Crippen molar-refractivity contribution in [2.24, 2.45) is 0 Å². The van der Waals surface area contributed by atoms with Crippen LogP contribution in [0.1, 0.15) is 27.9 Å². The average molecular weight is 485 g/mol. The van der Waals surface area contributed by atoms with E-state index < -0.39 is 29.1 Å². The number of alkyl halides is 3. The normalized spacial score (nSPS) is 17.6. The van der Waals surface area contributed by atoms with Gasteiger partial charge in [-0.15, -0.1) is 0 Å². The predicted molar refractivity (Wildman–Crippen MR) is 121 cm³/mol. The molecule has 3 N–H and O–H groups in total. The summed E-state index contributed by atoms with van der Waals surface area (Å²) in [5, 5.41) is 15.6. The van der Waals surface area contributed by atoms with Gasteiger partial charge in [-0.3, -0.25) is 9.59 Å². The van der Waals surface area contributed by atoms with Gasteiger partial charge in [-0.25, -0.2) is 0 Å². The Morgan fingerprint density at radius 2 is 1.80 bits per heavy atom. The molecule has 0 unspecified atom stereocenters. The van der Waals surface area contributed by atoms with Crippen LogP contribution in [-0.4, -0.2) is 40.8 Å². The zero-order valence-corrected chi connectivity index (χ0v) is 18.4. The molecule has 2 aromatic carbocycles. The summed E-state index contributed by atoms with van der Waals surface area (Å²) in [7, 11) is 0. The van der Waals surface area contributed by atoms with Crippen molar-refractivity contribution in [2.45, 2.75) is 24.7 Å². The summed E-state index contributed by atoms with van der Waals surface area (Å²) in [5.41, 5.74) is -0.561. The number of carbonyl (C=O) groups is 2. The second kappa shape index (κ2) is 10.1. The molecule has 0 saturated carbocycles. The highest BCUT2D eigenvalue weighted by molar-refractivity contribution is 5.99. The quantitative estimate of drug-likeness (QED) is 0.474. The van der Waals surface area contributed by atoms with Crippen LogP contribution in [0.5, 0.6) is 0 Å². The van der Waals surface area contributed by atoms with Gasteiger partial charge in [-0.2, -0.15) is 23.4 Å². The van der Waals surface area contributed by atoms with Crippen LogP contribution in [0, 0.1) is 0 Å². The van der Waals surface area contributed by atoms with Crippen molar-refractivity contribution >= 4 is 23.2 Å². The number of carbonyl (C=O) groups excluding carboxylic acids is 2. The van der Waals surface area contributed by atoms with Crippen LogP contribution in [0.3, 0.4) is 0 Å². The SMILES string of the molecule is O=C(N[C@@]1(C(=O)NCc2ccc(Nc3ccccc3C(F)(F)F)cc2)CCOC1)c1ccnnc1. The third-order valence-corrected chi connectivity index (χ3v) is 5.57. The fourth-order valence-corrected chi connectivity index (χ4v) is 3.67. The van der Waals surface area contributed by atoms with Crippen LogP contribution < -0.4 is 16.0 Å². The zero-order chi connectivity index (χ0) is 24.9. The second-order valence-corrected chi connectivity index (χ2v) is 8.02. The molecule has 8 nitrogen and oxygen atoms in total. The van der Waals surface area contributed by atoms with E-state index >= 15 is 0 Å². The number of rotatable bonds is 7. The van der Waals surface area contributed by atoms with Crippen molar-refractivity contribution in [1.29, 1.82) is 0 Å². The van der Waals surface area contributed by atoms with Crippen LogP contribution in [0.25, 0.3) is 0 Å². The highest BCUT2D eigenvalue weighted by Crippen LogP contribution is 2.35. The number of halogens is 3. The number of ether oxygens (including phenoxy) is 1. The Hall–Kier alpha value is -3.99. The minimum atomic E-state index is -4.48. The largest absolute Gasteiger partial charge is 0.418 e. The fourth-order valence-electron chi connectivity index (χ4n) is 3.67. The molecule has 1 aromatic heterocycles. The number of nitrogens with zero attached hydrogens (tertiary/aromatic N) is 2. The van der Waals surface area contributed by atoms with E-state index in [0.717, 1.165) is 11.6 Å². The summed E-state index contributed by atoms with van der Waals surface area (Å²) in [6.07, 6.45) is -1.48. The highest BCUT2D eigenvalue weighted by Gasteiger charge is 2.43. The smallest absolute Gasteiger partial charge is 0.378 e. The number of benzene rings is 2. The molecule has 1 aliphatic rings. The van der Waals surface area contributed by atoms with Crippen LogP contribution in [-0.2, 0) is 22.3 Å².